The van der Waals surface area contributed by atoms with Gasteiger partial charge in [0.2, 0.25) is 0 Å². The van der Waals surface area contributed by atoms with Crippen molar-refractivity contribution < 1.29 is 0 Å². The van der Waals surface area contributed by atoms with Crippen LogP contribution < -0.4 is 10.6 Å². The highest BCUT2D eigenvalue weighted by molar-refractivity contribution is 9.10. The summed E-state index contributed by atoms with van der Waals surface area (Å²) in [4.78, 5) is 8.52. The zero-order valence-electron chi connectivity index (χ0n) is 9.44. The van der Waals surface area contributed by atoms with Crippen molar-refractivity contribution in [2.75, 3.05) is 17.2 Å². The molecule has 0 saturated carbocycles. The van der Waals surface area contributed by atoms with Crippen molar-refractivity contribution in [2.24, 2.45) is 0 Å². The molecule has 17 heavy (non-hydrogen) atoms. The van der Waals surface area contributed by atoms with Crippen molar-refractivity contribution in [1.29, 1.82) is 0 Å². The van der Waals surface area contributed by atoms with Gasteiger partial charge in [-0.1, -0.05) is 12.1 Å². The minimum atomic E-state index is 0.718. The average Bonchev–Trinajstić information content (AvgIpc) is 2.33. The van der Waals surface area contributed by atoms with E-state index in [1.165, 1.54) is 0 Å². The van der Waals surface area contributed by atoms with Crippen LogP contribution in [0.1, 0.15) is 6.92 Å². The third kappa shape index (κ3) is 3.17. The summed E-state index contributed by atoms with van der Waals surface area (Å²) in [6, 6.07) is 7.89. The van der Waals surface area contributed by atoms with E-state index < -0.39 is 0 Å². The smallest absolute Gasteiger partial charge is 0.151 e. The lowest BCUT2D eigenvalue weighted by Crippen LogP contribution is -2.02. The third-order valence-corrected chi connectivity index (χ3v) is 2.82. The number of hydrogen-bond acceptors (Lipinski definition) is 4. The first-order valence-corrected chi connectivity index (χ1v) is 6.16. The van der Waals surface area contributed by atoms with Gasteiger partial charge in [0.15, 0.2) is 5.82 Å². The summed E-state index contributed by atoms with van der Waals surface area (Å²) >= 11 is 3.48. The van der Waals surface area contributed by atoms with E-state index in [9.17, 15) is 0 Å². The van der Waals surface area contributed by atoms with E-state index in [0.717, 1.165) is 28.3 Å². The predicted octanol–water partition coefficient (Wildman–Crippen LogP) is 3.41. The van der Waals surface area contributed by atoms with E-state index in [1.807, 2.05) is 31.2 Å². The molecule has 5 heteroatoms. The van der Waals surface area contributed by atoms with Crippen molar-refractivity contribution in [3.8, 4) is 0 Å². The Morgan fingerprint density at radius 2 is 1.94 bits per heavy atom. The van der Waals surface area contributed by atoms with E-state index in [4.69, 9.17) is 0 Å². The molecule has 0 radical (unpaired) electrons. The molecule has 2 rings (SSSR count). The lowest BCUT2D eigenvalue weighted by atomic mass is 10.3. The SMILES string of the molecule is CCNc1cncc(Nc2ccccc2Br)n1. The Labute approximate surface area is 109 Å². The highest BCUT2D eigenvalue weighted by Crippen LogP contribution is 2.24. The van der Waals surface area contributed by atoms with E-state index in [-0.39, 0.29) is 0 Å². The van der Waals surface area contributed by atoms with E-state index in [0.29, 0.717) is 0 Å². The number of benzene rings is 1. The maximum absolute atomic E-state index is 4.39. The van der Waals surface area contributed by atoms with Gasteiger partial charge in [-0.3, -0.25) is 4.98 Å². The number of nitrogens with zero attached hydrogens (tertiary/aromatic N) is 2. The summed E-state index contributed by atoms with van der Waals surface area (Å²) in [6.45, 7) is 2.85. The highest BCUT2D eigenvalue weighted by atomic mass is 79.9. The van der Waals surface area contributed by atoms with Crippen LogP contribution >= 0.6 is 15.9 Å². The van der Waals surface area contributed by atoms with Crippen molar-refractivity contribution in [2.45, 2.75) is 6.92 Å². The van der Waals surface area contributed by atoms with E-state index >= 15 is 0 Å². The molecule has 88 valence electrons. The number of nitrogens with one attached hydrogen (secondary N) is 2. The minimum absolute atomic E-state index is 0.718. The molecule has 0 aliphatic rings. The van der Waals surface area contributed by atoms with Gasteiger partial charge in [0.1, 0.15) is 5.82 Å². The largest absolute Gasteiger partial charge is 0.369 e. The van der Waals surface area contributed by atoms with Gasteiger partial charge in [-0.15, -0.1) is 0 Å². The molecule has 0 amide bonds. The second-order valence-corrected chi connectivity index (χ2v) is 4.28. The zero-order valence-corrected chi connectivity index (χ0v) is 11.0. The predicted molar refractivity (Wildman–Crippen MR) is 73.6 cm³/mol. The second-order valence-electron chi connectivity index (χ2n) is 3.42. The van der Waals surface area contributed by atoms with Crippen LogP contribution in [0.4, 0.5) is 17.3 Å². The third-order valence-electron chi connectivity index (χ3n) is 2.13. The number of hydrogen-bond donors (Lipinski definition) is 2. The van der Waals surface area contributed by atoms with Crippen LogP contribution in [-0.4, -0.2) is 16.5 Å². The first kappa shape index (κ1) is 11.9. The molecule has 0 aliphatic carbocycles. The summed E-state index contributed by atoms with van der Waals surface area (Å²) in [5.41, 5.74) is 0.968. The molecule has 0 bridgehead atoms. The summed E-state index contributed by atoms with van der Waals surface area (Å²) in [7, 11) is 0. The summed E-state index contributed by atoms with van der Waals surface area (Å²) in [5.74, 6) is 1.49. The summed E-state index contributed by atoms with van der Waals surface area (Å²) in [5, 5.41) is 6.33. The molecular formula is C12H13BrN4. The Morgan fingerprint density at radius 3 is 2.71 bits per heavy atom. The quantitative estimate of drug-likeness (QED) is 0.907. The molecule has 1 aromatic heterocycles. The Morgan fingerprint density at radius 1 is 1.18 bits per heavy atom. The number of para-hydroxylation sites is 1. The normalized spacial score (nSPS) is 10.0. The average molecular weight is 293 g/mol. The second kappa shape index (κ2) is 5.63. The van der Waals surface area contributed by atoms with Crippen molar-refractivity contribution in [3.05, 3.63) is 41.1 Å². The number of anilines is 3. The molecular weight excluding hydrogens is 280 g/mol. The van der Waals surface area contributed by atoms with Gasteiger partial charge < -0.3 is 10.6 Å². The summed E-state index contributed by atoms with van der Waals surface area (Å²) in [6.07, 6.45) is 3.40. The van der Waals surface area contributed by atoms with Gasteiger partial charge in [0.25, 0.3) is 0 Å². The lowest BCUT2D eigenvalue weighted by molar-refractivity contribution is 1.12. The number of aromatic nitrogens is 2. The van der Waals surface area contributed by atoms with Crippen LogP contribution in [-0.2, 0) is 0 Å². The van der Waals surface area contributed by atoms with Crippen LogP contribution in [0, 0.1) is 0 Å². The van der Waals surface area contributed by atoms with Gasteiger partial charge in [-0.05, 0) is 35.0 Å². The van der Waals surface area contributed by atoms with Crippen molar-refractivity contribution >= 4 is 33.3 Å². The molecule has 2 N–H and O–H groups in total. The molecule has 0 unspecified atom stereocenters. The lowest BCUT2D eigenvalue weighted by Gasteiger charge is -2.08. The maximum Gasteiger partial charge on any atom is 0.151 e. The standard InChI is InChI=1S/C12H13BrN4/c1-2-15-11-7-14-8-12(17-11)16-10-6-4-3-5-9(10)13/h3-8H,2H2,1H3,(H2,15,16,17). The minimum Gasteiger partial charge on any atom is -0.369 e. The Balaban J connectivity index is 2.18. The Kier molecular flexibility index (Phi) is 3.93. The number of rotatable bonds is 4. The van der Waals surface area contributed by atoms with Gasteiger partial charge in [-0.25, -0.2) is 4.98 Å². The molecule has 0 fully saturated rings. The van der Waals surface area contributed by atoms with Gasteiger partial charge >= 0.3 is 0 Å². The molecule has 4 nitrogen and oxygen atoms in total. The fourth-order valence-corrected chi connectivity index (χ4v) is 1.78. The van der Waals surface area contributed by atoms with Crippen LogP contribution in [0.5, 0.6) is 0 Å². The number of halogens is 1. The molecule has 0 atom stereocenters. The molecule has 0 aliphatic heterocycles. The Bertz CT molecular complexity index is 501. The molecule has 2 aromatic rings. The van der Waals surface area contributed by atoms with Crippen LogP contribution in [0.2, 0.25) is 0 Å². The monoisotopic (exact) mass is 292 g/mol. The van der Waals surface area contributed by atoms with E-state index in [2.05, 4.69) is 36.5 Å². The fourth-order valence-electron chi connectivity index (χ4n) is 1.39. The zero-order chi connectivity index (χ0) is 12.1. The Hall–Kier alpha value is -1.62. The maximum atomic E-state index is 4.39. The van der Waals surface area contributed by atoms with Crippen LogP contribution in [0.3, 0.4) is 0 Å². The molecule has 1 aromatic carbocycles. The van der Waals surface area contributed by atoms with E-state index in [1.54, 1.807) is 12.4 Å². The van der Waals surface area contributed by atoms with Crippen molar-refractivity contribution in [3.63, 3.8) is 0 Å². The topological polar surface area (TPSA) is 49.8 Å². The van der Waals surface area contributed by atoms with Crippen LogP contribution in [0.25, 0.3) is 0 Å². The fraction of sp³-hybridized carbons (Fsp3) is 0.167. The highest BCUT2D eigenvalue weighted by Gasteiger charge is 2.01. The summed E-state index contributed by atoms with van der Waals surface area (Å²) < 4.78 is 0.996. The van der Waals surface area contributed by atoms with Gasteiger partial charge in [-0.2, -0.15) is 0 Å². The van der Waals surface area contributed by atoms with Crippen LogP contribution in [0.15, 0.2) is 41.1 Å². The van der Waals surface area contributed by atoms with Gasteiger partial charge in [0, 0.05) is 11.0 Å². The molecule has 0 saturated heterocycles. The van der Waals surface area contributed by atoms with Crippen molar-refractivity contribution in [1.82, 2.24) is 9.97 Å². The molecule has 1 heterocycles. The van der Waals surface area contributed by atoms with Gasteiger partial charge in [0.05, 0.1) is 18.1 Å². The first-order valence-electron chi connectivity index (χ1n) is 5.37. The molecule has 0 spiro atoms. The first-order chi connectivity index (χ1) is 8.29.